The van der Waals surface area contributed by atoms with Gasteiger partial charge < -0.3 is 4.90 Å². The minimum atomic E-state index is -2.72. The van der Waals surface area contributed by atoms with Crippen LogP contribution < -0.4 is 4.90 Å². The van der Waals surface area contributed by atoms with Crippen LogP contribution in [-0.2, 0) is 0 Å². The maximum Gasteiger partial charge on any atom is 0.271 e. The summed E-state index contributed by atoms with van der Waals surface area (Å²) in [5, 5.41) is 4.20. The van der Waals surface area contributed by atoms with Gasteiger partial charge in [-0.1, -0.05) is 13.8 Å². The van der Waals surface area contributed by atoms with E-state index in [1.165, 1.54) is 0 Å². The first kappa shape index (κ1) is 12.8. The predicted molar refractivity (Wildman–Crippen MR) is 71.6 cm³/mol. The van der Waals surface area contributed by atoms with Crippen molar-refractivity contribution in [1.82, 2.24) is 14.6 Å². The van der Waals surface area contributed by atoms with Crippen molar-refractivity contribution in [3.8, 4) is 0 Å². The lowest BCUT2D eigenvalue weighted by molar-refractivity contribution is -0.0642. The molecule has 0 N–H and O–H groups in total. The second-order valence-corrected chi connectivity index (χ2v) is 6.30. The molecule has 7 heteroatoms. The number of aromatic nitrogens is 3. The van der Waals surface area contributed by atoms with E-state index in [0.29, 0.717) is 10.4 Å². The normalized spacial score (nSPS) is 21.2. The molecule has 0 saturated carbocycles. The van der Waals surface area contributed by atoms with Crippen molar-refractivity contribution in [1.29, 1.82) is 0 Å². The minimum Gasteiger partial charge on any atom is -0.348 e. The van der Waals surface area contributed by atoms with E-state index in [2.05, 4.69) is 26.0 Å². The van der Waals surface area contributed by atoms with Crippen LogP contribution in [0.2, 0.25) is 0 Å². The average molecular weight is 331 g/mol. The van der Waals surface area contributed by atoms with Crippen molar-refractivity contribution in [2.24, 2.45) is 5.41 Å². The summed E-state index contributed by atoms with van der Waals surface area (Å²) in [5.74, 6) is -2.18. The Morgan fingerprint density at radius 2 is 2.05 bits per heavy atom. The number of anilines is 1. The Morgan fingerprint density at radius 3 is 2.68 bits per heavy atom. The highest BCUT2D eigenvalue weighted by Crippen LogP contribution is 2.44. The molecule has 0 unspecified atom stereocenters. The first-order chi connectivity index (χ1) is 8.80. The first-order valence-electron chi connectivity index (χ1n) is 5.93. The summed E-state index contributed by atoms with van der Waals surface area (Å²) in [6, 6.07) is 1.78. The van der Waals surface area contributed by atoms with Gasteiger partial charge in [-0.15, -0.1) is 0 Å². The maximum atomic E-state index is 14.0. The molecule has 0 aromatic carbocycles. The van der Waals surface area contributed by atoms with E-state index < -0.39 is 11.3 Å². The van der Waals surface area contributed by atoms with Gasteiger partial charge in [-0.25, -0.2) is 18.3 Å². The van der Waals surface area contributed by atoms with E-state index in [-0.39, 0.29) is 13.1 Å². The summed E-state index contributed by atoms with van der Waals surface area (Å²) >= 11 is 3.29. The van der Waals surface area contributed by atoms with Gasteiger partial charge in [0.15, 0.2) is 5.82 Å². The number of halogens is 3. The molecule has 19 heavy (non-hydrogen) atoms. The smallest absolute Gasteiger partial charge is 0.271 e. The molecule has 1 aliphatic rings. The Balaban J connectivity index is 2.07. The summed E-state index contributed by atoms with van der Waals surface area (Å²) in [5.41, 5.74) is -0.332. The zero-order valence-electron chi connectivity index (χ0n) is 10.6. The van der Waals surface area contributed by atoms with Crippen LogP contribution >= 0.6 is 15.9 Å². The van der Waals surface area contributed by atoms with Gasteiger partial charge in [-0.2, -0.15) is 5.10 Å². The number of hydrogen-bond donors (Lipinski definition) is 0. The van der Waals surface area contributed by atoms with E-state index in [9.17, 15) is 8.78 Å². The molecule has 3 rings (SSSR count). The van der Waals surface area contributed by atoms with E-state index in [4.69, 9.17) is 0 Å². The van der Waals surface area contributed by atoms with Crippen LogP contribution in [0.25, 0.3) is 5.52 Å². The largest absolute Gasteiger partial charge is 0.348 e. The quantitative estimate of drug-likeness (QED) is 0.806. The van der Waals surface area contributed by atoms with Crippen LogP contribution in [0.1, 0.15) is 13.8 Å². The third-order valence-electron chi connectivity index (χ3n) is 3.60. The lowest BCUT2D eigenvalue weighted by atomic mass is 9.89. The maximum absolute atomic E-state index is 14.0. The van der Waals surface area contributed by atoms with Crippen molar-refractivity contribution >= 4 is 27.3 Å². The second-order valence-electron chi connectivity index (χ2n) is 5.49. The van der Waals surface area contributed by atoms with Gasteiger partial charge in [0.25, 0.3) is 5.92 Å². The molecule has 0 bridgehead atoms. The van der Waals surface area contributed by atoms with Crippen molar-refractivity contribution in [2.45, 2.75) is 19.8 Å². The number of nitrogens with zero attached hydrogens (tertiary/aromatic N) is 4. The SMILES string of the molecule is CC1(C)CN(c2nccn3nc(Br)cc23)CC1(F)F. The van der Waals surface area contributed by atoms with Gasteiger partial charge in [-0.3, -0.25) is 0 Å². The summed E-state index contributed by atoms with van der Waals surface area (Å²) in [6.07, 6.45) is 3.27. The van der Waals surface area contributed by atoms with Crippen LogP contribution in [0.4, 0.5) is 14.6 Å². The van der Waals surface area contributed by atoms with Crippen molar-refractivity contribution < 1.29 is 8.78 Å². The van der Waals surface area contributed by atoms with Gasteiger partial charge in [0.2, 0.25) is 0 Å². The number of fused-ring (bicyclic) bond motifs is 1. The third-order valence-corrected chi connectivity index (χ3v) is 3.99. The molecule has 1 saturated heterocycles. The Hall–Kier alpha value is -1.24. The molecule has 0 aliphatic carbocycles. The molecule has 102 valence electrons. The molecule has 0 amide bonds. The first-order valence-corrected chi connectivity index (χ1v) is 6.72. The van der Waals surface area contributed by atoms with Crippen LogP contribution in [0.3, 0.4) is 0 Å². The summed E-state index contributed by atoms with van der Waals surface area (Å²) in [4.78, 5) is 5.87. The van der Waals surface area contributed by atoms with Gasteiger partial charge in [-0.05, 0) is 15.9 Å². The highest BCUT2D eigenvalue weighted by atomic mass is 79.9. The summed E-state index contributed by atoms with van der Waals surface area (Å²) in [6.45, 7) is 3.13. The van der Waals surface area contributed by atoms with E-state index in [0.717, 1.165) is 5.52 Å². The molecule has 1 fully saturated rings. The third kappa shape index (κ3) is 1.91. The van der Waals surface area contributed by atoms with Gasteiger partial charge >= 0.3 is 0 Å². The minimum absolute atomic E-state index is 0.273. The summed E-state index contributed by atoms with van der Waals surface area (Å²) in [7, 11) is 0. The van der Waals surface area contributed by atoms with Gasteiger partial charge in [0.05, 0.1) is 6.54 Å². The van der Waals surface area contributed by atoms with Crippen molar-refractivity contribution in [2.75, 3.05) is 18.0 Å². The molecular weight excluding hydrogens is 318 g/mol. The zero-order valence-corrected chi connectivity index (χ0v) is 12.2. The Bertz CT molecular complexity index is 622. The number of hydrogen-bond acceptors (Lipinski definition) is 3. The van der Waals surface area contributed by atoms with E-state index >= 15 is 0 Å². The van der Waals surface area contributed by atoms with E-state index in [1.807, 2.05) is 0 Å². The second kappa shape index (κ2) is 3.88. The Kier molecular flexibility index (Phi) is 2.61. The predicted octanol–water partition coefficient (Wildman–Crippen LogP) is 2.97. The fourth-order valence-corrected chi connectivity index (χ4v) is 2.76. The zero-order chi connectivity index (χ0) is 13.8. The number of rotatable bonds is 1. The lowest BCUT2D eigenvalue weighted by Crippen LogP contribution is -2.34. The Morgan fingerprint density at radius 1 is 1.32 bits per heavy atom. The fourth-order valence-electron chi connectivity index (χ4n) is 2.37. The lowest BCUT2D eigenvalue weighted by Gasteiger charge is -2.23. The standard InChI is InChI=1S/C12H13BrF2N4/c1-11(2)6-18(7-12(11,14)15)10-8-5-9(13)17-19(8)4-3-16-10/h3-5H,6-7H2,1-2H3. The van der Waals surface area contributed by atoms with Crippen molar-refractivity contribution in [3.63, 3.8) is 0 Å². The van der Waals surface area contributed by atoms with Crippen LogP contribution in [-0.4, -0.2) is 33.6 Å². The fraction of sp³-hybridized carbons (Fsp3) is 0.500. The molecule has 1 aliphatic heterocycles. The van der Waals surface area contributed by atoms with Crippen LogP contribution in [0, 0.1) is 5.41 Å². The molecule has 3 heterocycles. The average Bonchev–Trinajstić information content (AvgIpc) is 2.75. The molecule has 4 nitrogen and oxygen atoms in total. The highest BCUT2D eigenvalue weighted by molar-refractivity contribution is 9.10. The van der Waals surface area contributed by atoms with Gasteiger partial charge in [0, 0.05) is 30.4 Å². The molecule has 0 atom stereocenters. The highest BCUT2D eigenvalue weighted by Gasteiger charge is 2.54. The van der Waals surface area contributed by atoms with Crippen LogP contribution in [0.5, 0.6) is 0 Å². The van der Waals surface area contributed by atoms with Crippen LogP contribution in [0.15, 0.2) is 23.1 Å². The van der Waals surface area contributed by atoms with Gasteiger partial charge in [0.1, 0.15) is 10.1 Å². The molecular formula is C12H13BrF2N4. The molecule has 2 aromatic heterocycles. The monoisotopic (exact) mass is 330 g/mol. The molecule has 0 spiro atoms. The van der Waals surface area contributed by atoms with E-state index in [1.54, 1.807) is 41.7 Å². The number of alkyl halides is 2. The van der Waals surface area contributed by atoms with Crippen molar-refractivity contribution in [3.05, 3.63) is 23.1 Å². The Labute approximate surface area is 117 Å². The molecule has 0 radical (unpaired) electrons. The summed E-state index contributed by atoms with van der Waals surface area (Å²) < 4.78 is 30.2. The topological polar surface area (TPSA) is 33.4 Å². The molecule has 2 aromatic rings.